The first-order valence-corrected chi connectivity index (χ1v) is 10.6. The number of rotatable bonds is 7. The van der Waals surface area contributed by atoms with Crippen molar-refractivity contribution in [3.63, 3.8) is 0 Å². The highest BCUT2D eigenvalue weighted by Gasteiger charge is 2.14. The van der Waals surface area contributed by atoms with Gasteiger partial charge in [0.15, 0.2) is 0 Å². The summed E-state index contributed by atoms with van der Waals surface area (Å²) in [5.74, 6) is 1.76. The minimum atomic E-state index is -4.33. The fourth-order valence-corrected chi connectivity index (χ4v) is 3.16. The number of nitrogens with one attached hydrogen (secondary N) is 1. The zero-order valence-corrected chi connectivity index (χ0v) is 16.9. The molecule has 0 unspecified atom stereocenters. The molecule has 9 heteroatoms. The highest BCUT2D eigenvalue weighted by molar-refractivity contribution is 7.85. The standard InChI is InChI=1S/C22H17N3O5S/c26-31(27,28)19-13-7-8-16(14-19)24-22-23-15-20(29-17-9-3-1-4-10-17)21(25-22)30-18-11-5-2-6-12-18/h1-15H,(H,23,24,25)(H,26,27,28). The van der Waals surface area contributed by atoms with Gasteiger partial charge in [0.1, 0.15) is 11.5 Å². The van der Waals surface area contributed by atoms with E-state index in [-0.39, 0.29) is 16.7 Å². The fourth-order valence-electron chi connectivity index (χ4n) is 2.64. The predicted octanol–water partition coefficient (Wildman–Crippen LogP) is 5.05. The highest BCUT2D eigenvalue weighted by atomic mass is 32.2. The molecule has 0 atom stereocenters. The Balaban J connectivity index is 1.66. The average molecular weight is 435 g/mol. The summed E-state index contributed by atoms with van der Waals surface area (Å²) in [4.78, 5) is 8.35. The molecule has 0 fully saturated rings. The van der Waals surface area contributed by atoms with E-state index in [1.807, 2.05) is 36.4 Å². The summed E-state index contributed by atoms with van der Waals surface area (Å²) < 4.78 is 43.7. The van der Waals surface area contributed by atoms with Crippen molar-refractivity contribution in [2.45, 2.75) is 4.90 Å². The molecule has 0 saturated carbocycles. The molecular formula is C22H17N3O5S. The molecule has 0 spiro atoms. The van der Waals surface area contributed by atoms with Gasteiger partial charge < -0.3 is 14.8 Å². The van der Waals surface area contributed by atoms with Crippen LogP contribution >= 0.6 is 0 Å². The van der Waals surface area contributed by atoms with Crippen molar-refractivity contribution < 1.29 is 22.4 Å². The van der Waals surface area contributed by atoms with Gasteiger partial charge in [0.25, 0.3) is 16.0 Å². The van der Waals surface area contributed by atoms with Crippen molar-refractivity contribution in [1.82, 2.24) is 9.97 Å². The minimum Gasteiger partial charge on any atom is -0.450 e. The predicted molar refractivity (Wildman–Crippen MR) is 115 cm³/mol. The van der Waals surface area contributed by atoms with E-state index < -0.39 is 10.1 Å². The topological polar surface area (TPSA) is 111 Å². The summed E-state index contributed by atoms with van der Waals surface area (Å²) >= 11 is 0. The van der Waals surface area contributed by atoms with Gasteiger partial charge in [-0.15, -0.1) is 0 Å². The Morgan fingerprint density at radius 2 is 1.45 bits per heavy atom. The lowest BCUT2D eigenvalue weighted by molar-refractivity contribution is 0.403. The zero-order chi connectivity index (χ0) is 21.7. The van der Waals surface area contributed by atoms with Crippen LogP contribution < -0.4 is 14.8 Å². The van der Waals surface area contributed by atoms with Crippen LogP contribution in [0.25, 0.3) is 0 Å². The molecule has 8 nitrogen and oxygen atoms in total. The Morgan fingerprint density at radius 3 is 2.10 bits per heavy atom. The van der Waals surface area contributed by atoms with Crippen molar-refractivity contribution in [3.05, 3.63) is 91.1 Å². The number of anilines is 2. The van der Waals surface area contributed by atoms with Crippen molar-refractivity contribution in [1.29, 1.82) is 0 Å². The first kappa shape index (κ1) is 20.3. The van der Waals surface area contributed by atoms with E-state index in [2.05, 4.69) is 15.3 Å². The third-order valence-electron chi connectivity index (χ3n) is 4.04. The monoisotopic (exact) mass is 435 g/mol. The van der Waals surface area contributed by atoms with Crippen LogP contribution in [0.15, 0.2) is 96.0 Å². The van der Waals surface area contributed by atoms with Crippen LogP contribution in [-0.2, 0) is 10.1 Å². The second-order valence-electron chi connectivity index (χ2n) is 6.32. The van der Waals surface area contributed by atoms with E-state index in [0.29, 0.717) is 22.9 Å². The number of hydrogen-bond donors (Lipinski definition) is 2. The number of para-hydroxylation sites is 2. The molecule has 4 aromatic rings. The minimum absolute atomic E-state index is 0.152. The van der Waals surface area contributed by atoms with Crippen LogP contribution in [0.5, 0.6) is 23.1 Å². The van der Waals surface area contributed by atoms with Crippen LogP contribution in [0.2, 0.25) is 0 Å². The van der Waals surface area contributed by atoms with Crippen molar-refractivity contribution in [3.8, 4) is 23.1 Å². The summed E-state index contributed by atoms with van der Waals surface area (Å²) in [5, 5.41) is 2.90. The van der Waals surface area contributed by atoms with Crippen LogP contribution in [0.3, 0.4) is 0 Å². The summed E-state index contributed by atoms with van der Waals surface area (Å²) in [6.45, 7) is 0. The van der Waals surface area contributed by atoms with E-state index in [9.17, 15) is 13.0 Å². The van der Waals surface area contributed by atoms with E-state index in [0.717, 1.165) is 0 Å². The first-order chi connectivity index (χ1) is 15.0. The normalized spacial score (nSPS) is 11.0. The van der Waals surface area contributed by atoms with Gasteiger partial charge in [-0.3, -0.25) is 4.55 Å². The number of benzene rings is 3. The summed E-state index contributed by atoms with van der Waals surface area (Å²) in [5.41, 5.74) is 0.373. The zero-order valence-electron chi connectivity index (χ0n) is 16.0. The Morgan fingerprint density at radius 1 is 0.806 bits per heavy atom. The third-order valence-corrected chi connectivity index (χ3v) is 4.89. The molecule has 2 N–H and O–H groups in total. The van der Waals surface area contributed by atoms with Gasteiger partial charge in [-0.1, -0.05) is 42.5 Å². The Kier molecular flexibility index (Phi) is 5.78. The quantitative estimate of drug-likeness (QED) is 0.388. The molecule has 31 heavy (non-hydrogen) atoms. The second kappa shape index (κ2) is 8.82. The molecule has 0 aliphatic heterocycles. The maximum Gasteiger partial charge on any atom is 0.294 e. The largest absolute Gasteiger partial charge is 0.450 e. The van der Waals surface area contributed by atoms with Crippen LogP contribution in [0, 0.1) is 0 Å². The number of nitrogens with zero attached hydrogens (tertiary/aromatic N) is 2. The van der Waals surface area contributed by atoms with E-state index >= 15 is 0 Å². The lowest BCUT2D eigenvalue weighted by atomic mass is 10.3. The first-order valence-electron chi connectivity index (χ1n) is 9.15. The van der Waals surface area contributed by atoms with Crippen molar-refractivity contribution >= 4 is 21.8 Å². The molecule has 4 rings (SSSR count). The van der Waals surface area contributed by atoms with Gasteiger partial charge in [0, 0.05) is 5.69 Å². The van der Waals surface area contributed by atoms with Gasteiger partial charge >= 0.3 is 0 Å². The second-order valence-corrected chi connectivity index (χ2v) is 7.74. The fraction of sp³-hybridized carbons (Fsp3) is 0. The van der Waals surface area contributed by atoms with Crippen LogP contribution in [0.1, 0.15) is 0 Å². The third kappa shape index (κ3) is 5.35. The molecule has 1 aromatic heterocycles. The molecule has 0 amide bonds. The molecular weight excluding hydrogens is 418 g/mol. The highest BCUT2D eigenvalue weighted by Crippen LogP contribution is 2.33. The van der Waals surface area contributed by atoms with Gasteiger partial charge in [-0.05, 0) is 42.5 Å². The summed E-state index contributed by atoms with van der Waals surface area (Å²) in [6, 6.07) is 23.9. The van der Waals surface area contributed by atoms with Gasteiger partial charge in [0.05, 0.1) is 11.1 Å². The summed E-state index contributed by atoms with van der Waals surface area (Å²) in [6.07, 6.45) is 1.45. The maximum atomic E-state index is 11.4. The lowest BCUT2D eigenvalue weighted by Crippen LogP contribution is -2.02. The van der Waals surface area contributed by atoms with Crippen LogP contribution in [-0.4, -0.2) is 22.9 Å². The van der Waals surface area contributed by atoms with Gasteiger partial charge in [0.2, 0.25) is 11.7 Å². The van der Waals surface area contributed by atoms with Crippen molar-refractivity contribution in [2.75, 3.05) is 5.32 Å². The maximum absolute atomic E-state index is 11.4. The molecule has 3 aromatic carbocycles. The van der Waals surface area contributed by atoms with Gasteiger partial charge in [-0.2, -0.15) is 13.4 Å². The van der Waals surface area contributed by atoms with E-state index in [4.69, 9.17) is 9.47 Å². The number of aromatic nitrogens is 2. The Hall–Kier alpha value is -3.95. The SMILES string of the molecule is O=S(=O)(O)c1cccc(Nc2ncc(Oc3ccccc3)c(Oc3ccccc3)n2)c1. The summed E-state index contributed by atoms with van der Waals surface area (Å²) in [7, 11) is -4.33. The molecule has 0 saturated heterocycles. The molecule has 0 aliphatic rings. The number of hydrogen-bond acceptors (Lipinski definition) is 7. The smallest absolute Gasteiger partial charge is 0.294 e. The molecule has 156 valence electrons. The van der Waals surface area contributed by atoms with E-state index in [1.165, 1.54) is 24.4 Å². The Labute approximate surface area is 178 Å². The molecule has 0 aliphatic carbocycles. The lowest BCUT2D eigenvalue weighted by Gasteiger charge is -2.13. The molecule has 1 heterocycles. The van der Waals surface area contributed by atoms with E-state index in [1.54, 1.807) is 30.3 Å². The van der Waals surface area contributed by atoms with Gasteiger partial charge in [-0.25, -0.2) is 4.98 Å². The van der Waals surface area contributed by atoms with Crippen molar-refractivity contribution in [2.24, 2.45) is 0 Å². The van der Waals surface area contributed by atoms with Crippen LogP contribution in [0.4, 0.5) is 11.6 Å². The average Bonchev–Trinajstić information content (AvgIpc) is 2.77. The Bertz CT molecular complexity index is 1280. The molecule has 0 bridgehead atoms. The number of ether oxygens (including phenoxy) is 2. The molecule has 0 radical (unpaired) electrons.